The van der Waals surface area contributed by atoms with Gasteiger partial charge in [-0.25, -0.2) is 4.79 Å². The Kier molecular flexibility index (Phi) is 4.29. The summed E-state index contributed by atoms with van der Waals surface area (Å²) in [7, 11) is 0. The Morgan fingerprint density at radius 1 is 1.36 bits per heavy atom. The van der Waals surface area contributed by atoms with E-state index in [1.807, 2.05) is 0 Å². The summed E-state index contributed by atoms with van der Waals surface area (Å²) in [5.74, 6) is -0.0523. The fourth-order valence-corrected chi connectivity index (χ4v) is 1.47. The van der Waals surface area contributed by atoms with Gasteiger partial charge in [-0.2, -0.15) is 0 Å². The molecule has 0 bridgehead atoms. The van der Waals surface area contributed by atoms with E-state index in [2.05, 4.69) is 11.9 Å². The largest absolute Gasteiger partial charge is 0.493 e. The fourth-order valence-electron chi connectivity index (χ4n) is 1.47. The number of aromatic hydroxyl groups is 1. The van der Waals surface area contributed by atoms with Crippen molar-refractivity contribution in [3.8, 4) is 5.88 Å². The normalized spacial score (nSPS) is 10.6. The third-order valence-electron chi connectivity index (χ3n) is 2.28. The van der Waals surface area contributed by atoms with Crippen LogP contribution in [0.3, 0.4) is 0 Å². The number of hydrogen-bond donors (Lipinski definition) is 2. The molecule has 1 rings (SSSR count). The molecule has 0 aliphatic carbocycles. The van der Waals surface area contributed by atoms with Gasteiger partial charge in [0.1, 0.15) is 0 Å². The Balaban J connectivity index is 2.25. The van der Waals surface area contributed by atoms with E-state index >= 15 is 0 Å². The zero-order chi connectivity index (χ0) is 10.4. The molecule has 0 aromatic carbocycles. The molecule has 4 heteroatoms. The van der Waals surface area contributed by atoms with Crippen LogP contribution >= 0.6 is 0 Å². The highest BCUT2D eigenvalue weighted by atomic mass is 16.3. The number of hydrogen-bond acceptors (Lipinski definition) is 2. The quantitative estimate of drug-likeness (QED) is 0.685. The molecule has 14 heavy (non-hydrogen) atoms. The van der Waals surface area contributed by atoms with Gasteiger partial charge in [-0.05, 0) is 6.42 Å². The Morgan fingerprint density at radius 2 is 2.07 bits per heavy atom. The molecule has 2 N–H and O–H groups in total. The predicted molar refractivity (Wildman–Crippen MR) is 55.5 cm³/mol. The first kappa shape index (κ1) is 10.9. The summed E-state index contributed by atoms with van der Waals surface area (Å²) in [6, 6.07) is 0. The number of unbranched alkanes of at least 4 members (excludes halogenated alkanes) is 4. The Bertz CT molecular complexity index is 314. The first-order valence-corrected chi connectivity index (χ1v) is 5.22. The van der Waals surface area contributed by atoms with Gasteiger partial charge in [-0.3, -0.25) is 9.55 Å². The summed E-state index contributed by atoms with van der Waals surface area (Å²) >= 11 is 0. The molecule has 0 fully saturated rings. The molecule has 0 aliphatic heterocycles. The molecule has 0 atom stereocenters. The molecule has 0 spiro atoms. The molecule has 0 saturated heterocycles. The summed E-state index contributed by atoms with van der Waals surface area (Å²) in [4.78, 5) is 13.4. The summed E-state index contributed by atoms with van der Waals surface area (Å²) in [6.45, 7) is 2.87. The van der Waals surface area contributed by atoms with Crippen LogP contribution in [-0.2, 0) is 6.54 Å². The summed E-state index contributed by atoms with van der Waals surface area (Å²) in [5, 5.41) is 9.00. The van der Waals surface area contributed by atoms with Crippen LogP contribution in [0.1, 0.15) is 39.0 Å². The molecule has 1 aromatic heterocycles. The minimum atomic E-state index is -0.224. The standard InChI is InChI=1S/C10H18N2O2/c1-2-3-4-5-6-7-12-8-9(13)11-10(12)14/h8,13H,2-7H2,1H3,(H,11,14). The zero-order valence-electron chi connectivity index (χ0n) is 8.62. The second-order valence-corrected chi connectivity index (χ2v) is 3.55. The molecule has 0 unspecified atom stereocenters. The van der Waals surface area contributed by atoms with Crippen LogP contribution in [0.4, 0.5) is 0 Å². The highest BCUT2D eigenvalue weighted by Crippen LogP contribution is 2.04. The average Bonchev–Trinajstić information content (AvgIpc) is 2.45. The van der Waals surface area contributed by atoms with Gasteiger partial charge in [-0.15, -0.1) is 0 Å². The van der Waals surface area contributed by atoms with Crippen LogP contribution in [0.5, 0.6) is 5.88 Å². The predicted octanol–water partition coefficient (Wildman–Crippen LogP) is 1.85. The van der Waals surface area contributed by atoms with Gasteiger partial charge >= 0.3 is 5.69 Å². The highest BCUT2D eigenvalue weighted by molar-refractivity contribution is 5.00. The molecule has 0 radical (unpaired) electrons. The monoisotopic (exact) mass is 198 g/mol. The molecular formula is C10H18N2O2. The highest BCUT2D eigenvalue weighted by Gasteiger charge is 1.99. The Morgan fingerprint density at radius 3 is 2.64 bits per heavy atom. The van der Waals surface area contributed by atoms with Crippen molar-refractivity contribution < 1.29 is 5.11 Å². The maximum Gasteiger partial charge on any atom is 0.328 e. The lowest BCUT2D eigenvalue weighted by Crippen LogP contribution is -2.15. The van der Waals surface area contributed by atoms with Crippen molar-refractivity contribution in [2.75, 3.05) is 0 Å². The zero-order valence-corrected chi connectivity index (χ0v) is 8.62. The van der Waals surface area contributed by atoms with Gasteiger partial charge in [-0.1, -0.05) is 32.6 Å². The van der Waals surface area contributed by atoms with Gasteiger partial charge in [0.25, 0.3) is 0 Å². The van der Waals surface area contributed by atoms with Crippen LogP contribution < -0.4 is 5.69 Å². The number of nitrogens with one attached hydrogen (secondary N) is 1. The van der Waals surface area contributed by atoms with E-state index < -0.39 is 0 Å². The summed E-state index contributed by atoms with van der Waals surface area (Å²) < 4.78 is 1.52. The molecule has 0 saturated carbocycles. The number of rotatable bonds is 6. The number of aryl methyl sites for hydroxylation is 1. The van der Waals surface area contributed by atoms with Gasteiger partial charge < -0.3 is 5.11 Å². The van der Waals surface area contributed by atoms with E-state index in [1.165, 1.54) is 30.0 Å². The molecule has 0 aliphatic rings. The lowest BCUT2D eigenvalue weighted by molar-refractivity contribution is 0.454. The molecule has 80 valence electrons. The molecule has 1 heterocycles. The number of nitrogens with zero attached hydrogens (tertiary/aromatic N) is 1. The fraction of sp³-hybridized carbons (Fsp3) is 0.700. The van der Waals surface area contributed by atoms with Crippen LogP contribution in [0, 0.1) is 0 Å². The van der Waals surface area contributed by atoms with Crippen molar-refractivity contribution in [3.05, 3.63) is 16.7 Å². The number of aromatic nitrogens is 2. The van der Waals surface area contributed by atoms with Crippen LogP contribution in [0.15, 0.2) is 11.0 Å². The van der Waals surface area contributed by atoms with Crippen LogP contribution in [-0.4, -0.2) is 14.7 Å². The van der Waals surface area contributed by atoms with Crippen molar-refractivity contribution in [2.24, 2.45) is 0 Å². The number of imidazole rings is 1. The van der Waals surface area contributed by atoms with E-state index in [9.17, 15) is 4.79 Å². The van der Waals surface area contributed by atoms with E-state index in [1.54, 1.807) is 0 Å². The van der Waals surface area contributed by atoms with Crippen molar-refractivity contribution in [3.63, 3.8) is 0 Å². The summed E-state index contributed by atoms with van der Waals surface area (Å²) in [6.07, 6.45) is 7.30. The van der Waals surface area contributed by atoms with Gasteiger partial charge in [0, 0.05) is 6.54 Å². The number of H-pyrrole nitrogens is 1. The van der Waals surface area contributed by atoms with E-state index in [0.29, 0.717) is 6.54 Å². The Hall–Kier alpha value is -1.19. The molecule has 1 aromatic rings. The maximum absolute atomic E-state index is 11.1. The SMILES string of the molecule is CCCCCCCn1cc(O)[nH]c1=O. The topological polar surface area (TPSA) is 58.0 Å². The van der Waals surface area contributed by atoms with Gasteiger partial charge in [0.15, 0.2) is 0 Å². The van der Waals surface area contributed by atoms with E-state index in [-0.39, 0.29) is 11.6 Å². The van der Waals surface area contributed by atoms with E-state index in [4.69, 9.17) is 5.11 Å². The second kappa shape index (κ2) is 5.52. The average molecular weight is 198 g/mol. The van der Waals surface area contributed by atoms with Crippen molar-refractivity contribution in [1.82, 2.24) is 9.55 Å². The maximum atomic E-state index is 11.1. The van der Waals surface area contributed by atoms with Crippen molar-refractivity contribution in [2.45, 2.75) is 45.6 Å². The molecule has 0 amide bonds. The minimum absolute atomic E-state index is 0.0523. The molecular weight excluding hydrogens is 180 g/mol. The van der Waals surface area contributed by atoms with Crippen LogP contribution in [0.25, 0.3) is 0 Å². The first-order chi connectivity index (χ1) is 6.74. The summed E-state index contributed by atoms with van der Waals surface area (Å²) in [5.41, 5.74) is -0.224. The van der Waals surface area contributed by atoms with E-state index in [0.717, 1.165) is 12.8 Å². The van der Waals surface area contributed by atoms with Crippen molar-refractivity contribution >= 4 is 0 Å². The van der Waals surface area contributed by atoms with Gasteiger partial charge in [0.2, 0.25) is 5.88 Å². The third kappa shape index (κ3) is 3.28. The van der Waals surface area contributed by atoms with Gasteiger partial charge in [0.05, 0.1) is 6.20 Å². The smallest absolute Gasteiger partial charge is 0.328 e. The first-order valence-electron chi connectivity index (χ1n) is 5.22. The lowest BCUT2D eigenvalue weighted by Gasteiger charge is -2.00. The lowest BCUT2D eigenvalue weighted by atomic mass is 10.1. The minimum Gasteiger partial charge on any atom is -0.493 e. The Labute approximate surface area is 83.6 Å². The second-order valence-electron chi connectivity index (χ2n) is 3.55. The van der Waals surface area contributed by atoms with Crippen molar-refractivity contribution in [1.29, 1.82) is 0 Å². The third-order valence-corrected chi connectivity index (χ3v) is 2.28. The van der Waals surface area contributed by atoms with Crippen LogP contribution in [0.2, 0.25) is 0 Å². The molecule has 4 nitrogen and oxygen atoms in total. The number of aromatic amines is 1.